The number of aryl methyl sites for hydroxylation is 2. The third-order valence-corrected chi connectivity index (χ3v) is 7.76. The molecule has 2 fully saturated rings. The Kier molecular flexibility index (Phi) is 8.07. The van der Waals surface area contributed by atoms with Crippen molar-refractivity contribution in [2.45, 2.75) is 75.9 Å². The fourth-order valence-electron chi connectivity index (χ4n) is 5.59. The molecule has 7 heteroatoms. The molecule has 7 nitrogen and oxygen atoms in total. The van der Waals surface area contributed by atoms with Gasteiger partial charge in [-0.05, 0) is 86.6 Å². The van der Waals surface area contributed by atoms with Crippen LogP contribution in [0.3, 0.4) is 0 Å². The van der Waals surface area contributed by atoms with Crippen molar-refractivity contribution in [2.24, 2.45) is 0 Å². The number of ether oxygens (including phenoxy) is 2. The Morgan fingerprint density at radius 3 is 2.89 bits per heavy atom. The molecule has 36 heavy (non-hydrogen) atoms. The van der Waals surface area contributed by atoms with Crippen molar-refractivity contribution in [1.82, 2.24) is 9.88 Å². The van der Waals surface area contributed by atoms with Gasteiger partial charge >= 0.3 is 5.97 Å². The number of anilines is 1. The third-order valence-electron chi connectivity index (χ3n) is 7.76. The lowest BCUT2D eigenvalue weighted by atomic mass is 9.99. The van der Waals surface area contributed by atoms with E-state index in [1.54, 1.807) is 7.11 Å². The topological polar surface area (TPSA) is 83.9 Å². The molecule has 0 amide bonds. The summed E-state index contributed by atoms with van der Waals surface area (Å²) in [5.74, 6) is 1.47. The SMILES string of the molecule is COc1ccc(C2CC2)cc1[C@@H](C(=O)O)N1CC[C@@H](OCCCCCc2ccc3c(n2)NCCC3)C1. The van der Waals surface area contributed by atoms with Gasteiger partial charge in [0.2, 0.25) is 0 Å². The van der Waals surface area contributed by atoms with E-state index in [9.17, 15) is 9.90 Å². The lowest BCUT2D eigenvalue weighted by Crippen LogP contribution is -2.33. The maximum Gasteiger partial charge on any atom is 0.325 e. The molecule has 5 rings (SSSR count). The smallest absolute Gasteiger partial charge is 0.325 e. The number of fused-ring (bicyclic) bond motifs is 1. The Bertz CT molecular complexity index is 1050. The Morgan fingerprint density at radius 1 is 1.19 bits per heavy atom. The fourth-order valence-corrected chi connectivity index (χ4v) is 5.59. The second-order valence-electron chi connectivity index (χ2n) is 10.4. The number of carboxylic acids is 1. The van der Waals surface area contributed by atoms with Crippen LogP contribution in [0.2, 0.25) is 0 Å². The molecule has 2 atom stereocenters. The van der Waals surface area contributed by atoms with Crippen LogP contribution in [0.1, 0.15) is 79.3 Å². The number of aromatic nitrogens is 1. The van der Waals surface area contributed by atoms with Gasteiger partial charge in [0.15, 0.2) is 0 Å². The lowest BCUT2D eigenvalue weighted by molar-refractivity contribution is -0.143. The van der Waals surface area contributed by atoms with Crippen LogP contribution in [0, 0.1) is 0 Å². The predicted molar refractivity (Wildman–Crippen MR) is 140 cm³/mol. The normalized spacial score (nSPS) is 20.5. The highest BCUT2D eigenvalue weighted by atomic mass is 16.5. The summed E-state index contributed by atoms with van der Waals surface area (Å²) in [5, 5.41) is 13.5. The summed E-state index contributed by atoms with van der Waals surface area (Å²) in [6, 6.07) is 9.75. The number of hydrogen-bond acceptors (Lipinski definition) is 6. The average Bonchev–Trinajstić information content (AvgIpc) is 3.65. The lowest BCUT2D eigenvalue weighted by Gasteiger charge is -2.26. The van der Waals surface area contributed by atoms with Gasteiger partial charge in [-0.15, -0.1) is 0 Å². The summed E-state index contributed by atoms with van der Waals surface area (Å²) < 4.78 is 11.7. The third kappa shape index (κ3) is 6.01. The first kappa shape index (κ1) is 25.0. The number of unbranched alkanes of at least 4 members (excludes halogenated alkanes) is 2. The fraction of sp³-hybridized carbons (Fsp3) is 0.586. The summed E-state index contributed by atoms with van der Waals surface area (Å²) >= 11 is 0. The number of nitrogens with zero attached hydrogens (tertiary/aromatic N) is 2. The number of benzene rings is 1. The van der Waals surface area contributed by atoms with Gasteiger partial charge in [-0.3, -0.25) is 9.69 Å². The molecule has 194 valence electrons. The Morgan fingerprint density at radius 2 is 2.08 bits per heavy atom. The molecule has 3 heterocycles. The number of carboxylic acid groups (broad SMARTS) is 1. The van der Waals surface area contributed by atoms with Gasteiger partial charge < -0.3 is 19.9 Å². The summed E-state index contributed by atoms with van der Waals surface area (Å²) in [4.78, 5) is 19.2. The van der Waals surface area contributed by atoms with E-state index in [4.69, 9.17) is 14.5 Å². The van der Waals surface area contributed by atoms with Crippen LogP contribution < -0.4 is 10.1 Å². The standard InChI is InChI=1S/C29H39N3O4/c1-35-26-13-11-22(20-8-9-20)18-25(26)27(29(33)34)32-16-14-24(19-32)36-17-4-2-3-7-23-12-10-21-6-5-15-30-28(21)31-23/h10-13,18,20,24,27H,2-9,14-17,19H2,1H3,(H,30,31)(H,33,34)/t24-,27+/m1/s1. The zero-order valence-electron chi connectivity index (χ0n) is 21.4. The van der Waals surface area contributed by atoms with E-state index < -0.39 is 12.0 Å². The van der Waals surface area contributed by atoms with Crippen LogP contribution in [0.25, 0.3) is 0 Å². The average molecular weight is 494 g/mol. The maximum atomic E-state index is 12.3. The highest BCUT2D eigenvalue weighted by molar-refractivity contribution is 5.77. The first-order valence-corrected chi connectivity index (χ1v) is 13.6. The molecule has 0 spiro atoms. The van der Waals surface area contributed by atoms with Crippen LogP contribution in [-0.2, 0) is 22.4 Å². The summed E-state index contributed by atoms with van der Waals surface area (Å²) in [7, 11) is 1.61. The minimum absolute atomic E-state index is 0.0813. The maximum absolute atomic E-state index is 12.3. The monoisotopic (exact) mass is 493 g/mol. The zero-order valence-corrected chi connectivity index (χ0v) is 21.4. The molecular formula is C29H39N3O4. The van der Waals surface area contributed by atoms with Gasteiger partial charge in [0, 0.05) is 37.5 Å². The molecule has 1 aliphatic carbocycles. The largest absolute Gasteiger partial charge is 0.496 e. The number of hydrogen-bond donors (Lipinski definition) is 2. The van der Waals surface area contributed by atoms with Gasteiger partial charge in [-0.1, -0.05) is 18.6 Å². The predicted octanol–water partition coefficient (Wildman–Crippen LogP) is 4.96. The highest BCUT2D eigenvalue weighted by Gasteiger charge is 2.36. The second kappa shape index (κ2) is 11.6. The van der Waals surface area contributed by atoms with Crippen LogP contribution in [0.5, 0.6) is 5.75 Å². The van der Waals surface area contributed by atoms with Gasteiger partial charge in [-0.25, -0.2) is 4.98 Å². The number of likely N-dealkylation sites (tertiary alicyclic amines) is 1. The molecule has 2 N–H and O–H groups in total. The van der Waals surface area contributed by atoms with Crippen LogP contribution in [0.15, 0.2) is 30.3 Å². The first-order valence-electron chi connectivity index (χ1n) is 13.6. The van der Waals surface area contributed by atoms with E-state index in [1.807, 2.05) is 11.0 Å². The zero-order chi connectivity index (χ0) is 24.9. The highest BCUT2D eigenvalue weighted by Crippen LogP contribution is 2.43. The number of methoxy groups -OCH3 is 1. The quantitative estimate of drug-likeness (QED) is 0.405. The molecule has 1 saturated heterocycles. The van der Waals surface area contributed by atoms with Crippen molar-refractivity contribution in [1.29, 1.82) is 0 Å². The van der Waals surface area contributed by atoms with Crippen molar-refractivity contribution in [3.8, 4) is 5.75 Å². The van der Waals surface area contributed by atoms with Crippen molar-refractivity contribution in [3.05, 3.63) is 52.7 Å². The van der Waals surface area contributed by atoms with Crippen LogP contribution in [-0.4, -0.2) is 60.4 Å². The molecule has 0 unspecified atom stereocenters. The Balaban J connectivity index is 1.07. The van der Waals surface area contributed by atoms with E-state index in [-0.39, 0.29) is 6.10 Å². The number of pyridine rings is 1. The molecule has 1 saturated carbocycles. The molecule has 0 bridgehead atoms. The molecule has 3 aliphatic rings. The molecule has 2 aromatic rings. The van der Waals surface area contributed by atoms with Gasteiger partial charge in [0.25, 0.3) is 0 Å². The van der Waals surface area contributed by atoms with Gasteiger partial charge in [0.05, 0.1) is 13.2 Å². The molecule has 2 aliphatic heterocycles. The van der Waals surface area contributed by atoms with E-state index in [1.165, 1.54) is 30.4 Å². The van der Waals surface area contributed by atoms with E-state index in [2.05, 4.69) is 29.6 Å². The first-order chi connectivity index (χ1) is 17.6. The van der Waals surface area contributed by atoms with Crippen molar-refractivity contribution < 1.29 is 19.4 Å². The molecule has 1 aromatic carbocycles. The minimum Gasteiger partial charge on any atom is -0.496 e. The number of carbonyl (C=O) groups is 1. The van der Waals surface area contributed by atoms with E-state index in [0.717, 1.165) is 75.3 Å². The number of nitrogens with one attached hydrogen (secondary N) is 1. The van der Waals surface area contributed by atoms with Crippen LogP contribution in [0.4, 0.5) is 5.82 Å². The summed E-state index contributed by atoms with van der Waals surface area (Å²) in [6.45, 7) is 3.10. The summed E-state index contributed by atoms with van der Waals surface area (Å²) in [5.41, 5.74) is 4.49. The Labute approximate surface area is 214 Å². The van der Waals surface area contributed by atoms with Gasteiger partial charge in [-0.2, -0.15) is 0 Å². The summed E-state index contributed by atoms with van der Waals surface area (Å²) in [6.07, 6.45) is 9.83. The van der Waals surface area contributed by atoms with Crippen molar-refractivity contribution in [3.63, 3.8) is 0 Å². The van der Waals surface area contributed by atoms with E-state index in [0.29, 0.717) is 18.2 Å². The van der Waals surface area contributed by atoms with Gasteiger partial charge in [0.1, 0.15) is 17.6 Å². The second-order valence-corrected chi connectivity index (χ2v) is 10.4. The van der Waals surface area contributed by atoms with Crippen molar-refractivity contribution >= 4 is 11.8 Å². The van der Waals surface area contributed by atoms with E-state index >= 15 is 0 Å². The Hall–Kier alpha value is -2.64. The minimum atomic E-state index is -0.826. The molecular weight excluding hydrogens is 454 g/mol. The number of rotatable bonds is 12. The number of aliphatic carboxylic acids is 1. The van der Waals surface area contributed by atoms with Crippen LogP contribution >= 0.6 is 0 Å². The van der Waals surface area contributed by atoms with Crippen molar-refractivity contribution in [2.75, 3.05) is 38.7 Å². The molecule has 0 radical (unpaired) electrons. The molecule has 1 aromatic heterocycles.